The Hall–Kier alpha value is -1.24. The van der Waals surface area contributed by atoms with Crippen LogP contribution in [0, 0.1) is 0 Å². The molecular weight excluding hydrogens is 312 g/mol. The molecule has 1 atom stereocenters. The van der Waals surface area contributed by atoms with E-state index in [1.165, 1.54) is 0 Å². The van der Waals surface area contributed by atoms with Crippen molar-refractivity contribution in [2.45, 2.75) is 11.8 Å². The van der Waals surface area contributed by atoms with Crippen molar-refractivity contribution in [3.8, 4) is 5.75 Å². The van der Waals surface area contributed by atoms with Crippen LogP contribution < -0.4 is 4.74 Å². The van der Waals surface area contributed by atoms with Crippen molar-refractivity contribution in [1.29, 1.82) is 0 Å². The standard InChI is InChI=1S/C17H24N2O3S/c1-21-15-4-2-3-14(13-15)17-19(16(20)5-12-23-17)7-6-18-8-10-22-11-9-18/h2-4,13,17H,5-12H2,1H3. The molecule has 2 aliphatic rings. The Bertz CT molecular complexity index is 534. The normalized spacial score (nSPS) is 23.1. The molecule has 2 aliphatic heterocycles. The first kappa shape index (κ1) is 16.6. The zero-order chi connectivity index (χ0) is 16.1. The summed E-state index contributed by atoms with van der Waals surface area (Å²) in [6.07, 6.45) is 0.633. The van der Waals surface area contributed by atoms with E-state index in [1.807, 2.05) is 34.9 Å². The van der Waals surface area contributed by atoms with Crippen molar-refractivity contribution in [1.82, 2.24) is 9.80 Å². The maximum atomic E-state index is 12.4. The molecule has 2 heterocycles. The number of morpholine rings is 1. The smallest absolute Gasteiger partial charge is 0.224 e. The van der Waals surface area contributed by atoms with Crippen molar-refractivity contribution in [2.24, 2.45) is 0 Å². The van der Waals surface area contributed by atoms with Gasteiger partial charge in [0, 0.05) is 38.4 Å². The van der Waals surface area contributed by atoms with Crippen molar-refractivity contribution >= 4 is 17.7 Å². The minimum Gasteiger partial charge on any atom is -0.497 e. The fraction of sp³-hybridized carbons (Fsp3) is 0.588. The van der Waals surface area contributed by atoms with Gasteiger partial charge in [-0.1, -0.05) is 12.1 Å². The molecule has 126 valence electrons. The third kappa shape index (κ3) is 4.19. The summed E-state index contributed by atoms with van der Waals surface area (Å²) >= 11 is 1.84. The Morgan fingerprint density at radius 3 is 2.91 bits per heavy atom. The lowest BCUT2D eigenvalue weighted by Gasteiger charge is -2.37. The highest BCUT2D eigenvalue weighted by Gasteiger charge is 2.30. The van der Waals surface area contributed by atoms with Gasteiger partial charge >= 0.3 is 0 Å². The number of nitrogens with zero attached hydrogens (tertiary/aromatic N) is 2. The molecule has 1 amide bonds. The average molecular weight is 336 g/mol. The van der Waals surface area contributed by atoms with Crippen molar-refractivity contribution in [3.63, 3.8) is 0 Å². The fourth-order valence-corrected chi connectivity index (χ4v) is 4.27. The first-order chi connectivity index (χ1) is 11.3. The van der Waals surface area contributed by atoms with Crippen molar-refractivity contribution in [3.05, 3.63) is 29.8 Å². The van der Waals surface area contributed by atoms with Crippen LogP contribution in [0.4, 0.5) is 0 Å². The van der Waals surface area contributed by atoms with Gasteiger partial charge < -0.3 is 14.4 Å². The third-order valence-electron chi connectivity index (χ3n) is 4.33. The average Bonchev–Trinajstić information content (AvgIpc) is 2.61. The number of hydrogen-bond donors (Lipinski definition) is 0. The highest BCUT2D eigenvalue weighted by Crippen LogP contribution is 2.38. The number of ether oxygens (including phenoxy) is 2. The largest absolute Gasteiger partial charge is 0.497 e. The van der Waals surface area contributed by atoms with Crippen LogP contribution in [0.3, 0.4) is 0 Å². The third-order valence-corrected chi connectivity index (χ3v) is 5.62. The molecule has 0 radical (unpaired) electrons. The second-order valence-corrected chi connectivity index (χ2v) is 6.98. The second kappa shape index (κ2) is 8.04. The van der Waals surface area contributed by atoms with E-state index in [2.05, 4.69) is 11.0 Å². The predicted octanol–water partition coefficient (Wildman–Crippen LogP) is 1.99. The Morgan fingerprint density at radius 1 is 1.30 bits per heavy atom. The lowest BCUT2D eigenvalue weighted by molar-refractivity contribution is -0.132. The summed E-state index contributed by atoms with van der Waals surface area (Å²) < 4.78 is 10.7. The van der Waals surface area contributed by atoms with E-state index in [0.29, 0.717) is 6.42 Å². The quantitative estimate of drug-likeness (QED) is 0.823. The monoisotopic (exact) mass is 336 g/mol. The maximum absolute atomic E-state index is 12.4. The summed E-state index contributed by atoms with van der Waals surface area (Å²) in [6.45, 7) is 5.19. The van der Waals surface area contributed by atoms with E-state index in [0.717, 1.165) is 56.5 Å². The number of amides is 1. The predicted molar refractivity (Wildman–Crippen MR) is 91.8 cm³/mol. The Balaban J connectivity index is 1.69. The van der Waals surface area contributed by atoms with Gasteiger partial charge in [-0.2, -0.15) is 0 Å². The molecule has 1 unspecified atom stereocenters. The van der Waals surface area contributed by atoms with Crippen molar-refractivity contribution in [2.75, 3.05) is 52.3 Å². The lowest BCUT2D eigenvalue weighted by Crippen LogP contribution is -2.45. The Labute approximate surface area is 141 Å². The highest BCUT2D eigenvalue weighted by atomic mass is 32.2. The molecule has 0 spiro atoms. The van der Waals surface area contributed by atoms with Gasteiger partial charge in [0.25, 0.3) is 0 Å². The van der Waals surface area contributed by atoms with Gasteiger partial charge in [-0.25, -0.2) is 0 Å². The van der Waals surface area contributed by atoms with Gasteiger partial charge in [0.15, 0.2) is 0 Å². The highest BCUT2D eigenvalue weighted by molar-refractivity contribution is 7.99. The molecule has 5 nitrogen and oxygen atoms in total. The summed E-state index contributed by atoms with van der Waals surface area (Å²) in [6, 6.07) is 8.06. The van der Waals surface area contributed by atoms with Crippen LogP contribution >= 0.6 is 11.8 Å². The van der Waals surface area contributed by atoms with Gasteiger partial charge in [0.2, 0.25) is 5.91 Å². The van der Waals surface area contributed by atoms with Crippen molar-refractivity contribution < 1.29 is 14.3 Å². The molecular formula is C17H24N2O3S. The van der Waals surface area contributed by atoms with Crippen LogP contribution in [0.5, 0.6) is 5.75 Å². The number of thioether (sulfide) groups is 1. The molecule has 23 heavy (non-hydrogen) atoms. The topological polar surface area (TPSA) is 42.0 Å². The summed E-state index contributed by atoms with van der Waals surface area (Å²) in [7, 11) is 1.68. The van der Waals surface area contributed by atoms with E-state index in [9.17, 15) is 4.79 Å². The number of carbonyl (C=O) groups excluding carboxylic acids is 1. The number of rotatable bonds is 5. The molecule has 3 rings (SSSR count). The van der Waals surface area contributed by atoms with Gasteiger partial charge in [-0.15, -0.1) is 11.8 Å². The molecule has 0 aliphatic carbocycles. The Kier molecular flexibility index (Phi) is 5.80. The Morgan fingerprint density at radius 2 is 2.13 bits per heavy atom. The second-order valence-electron chi connectivity index (χ2n) is 5.79. The van der Waals surface area contributed by atoms with E-state index in [-0.39, 0.29) is 11.3 Å². The summed E-state index contributed by atoms with van der Waals surface area (Å²) in [5.74, 6) is 1.98. The van der Waals surface area contributed by atoms with Crippen LogP contribution in [0.25, 0.3) is 0 Å². The zero-order valence-corrected chi connectivity index (χ0v) is 14.4. The molecule has 0 N–H and O–H groups in total. The SMILES string of the molecule is COc1cccc(C2SCCC(=O)N2CCN2CCOCC2)c1. The number of benzene rings is 1. The number of methoxy groups -OCH3 is 1. The molecule has 0 saturated carbocycles. The van der Waals surface area contributed by atoms with Gasteiger partial charge in [-0.05, 0) is 17.7 Å². The summed E-state index contributed by atoms with van der Waals surface area (Å²) in [5, 5.41) is 0.0902. The van der Waals surface area contributed by atoms with Crippen LogP contribution in [-0.2, 0) is 9.53 Å². The van der Waals surface area contributed by atoms with Gasteiger partial charge in [0.05, 0.1) is 20.3 Å². The zero-order valence-electron chi connectivity index (χ0n) is 13.6. The van der Waals surface area contributed by atoms with E-state index in [1.54, 1.807) is 7.11 Å². The first-order valence-electron chi connectivity index (χ1n) is 8.13. The summed E-state index contributed by atoms with van der Waals surface area (Å²) in [4.78, 5) is 16.8. The minimum absolute atomic E-state index is 0.0902. The minimum atomic E-state index is 0.0902. The van der Waals surface area contributed by atoms with Crippen LogP contribution in [-0.4, -0.2) is 68.0 Å². The molecule has 1 aromatic rings. The molecule has 2 fully saturated rings. The van der Waals surface area contributed by atoms with E-state index in [4.69, 9.17) is 9.47 Å². The van der Waals surface area contributed by atoms with Crippen LogP contribution in [0.2, 0.25) is 0 Å². The molecule has 2 saturated heterocycles. The molecule has 6 heteroatoms. The molecule has 0 bridgehead atoms. The number of carbonyl (C=O) groups is 1. The lowest BCUT2D eigenvalue weighted by atomic mass is 10.2. The van der Waals surface area contributed by atoms with E-state index < -0.39 is 0 Å². The number of hydrogen-bond acceptors (Lipinski definition) is 5. The van der Waals surface area contributed by atoms with Crippen LogP contribution in [0.1, 0.15) is 17.4 Å². The first-order valence-corrected chi connectivity index (χ1v) is 9.18. The van der Waals surface area contributed by atoms with Gasteiger partial charge in [-0.3, -0.25) is 9.69 Å². The summed E-state index contributed by atoms with van der Waals surface area (Å²) in [5.41, 5.74) is 1.14. The molecule has 0 aromatic heterocycles. The fourth-order valence-electron chi connectivity index (χ4n) is 3.01. The molecule has 1 aromatic carbocycles. The van der Waals surface area contributed by atoms with E-state index >= 15 is 0 Å². The van der Waals surface area contributed by atoms with Crippen LogP contribution in [0.15, 0.2) is 24.3 Å². The maximum Gasteiger partial charge on any atom is 0.224 e. The van der Waals surface area contributed by atoms with Gasteiger partial charge in [0.1, 0.15) is 11.1 Å².